The van der Waals surface area contributed by atoms with Crippen LogP contribution in [-0.2, 0) is 0 Å². The number of benzene rings is 6. The molecule has 0 amide bonds. The number of nitrogens with zero attached hydrogens (tertiary/aromatic N) is 2. The van der Waals surface area contributed by atoms with Gasteiger partial charge in [0.15, 0.2) is 0 Å². The van der Waals surface area contributed by atoms with Crippen molar-refractivity contribution >= 4 is 148 Å². The Labute approximate surface area is 375 Å². The summed E-state index contributed by atoms with van der Waals surface area (Å²) in [5.74, 6) is 0. The van der Waals surface area contributed by atoms with Gasteiger partial charge in [0.05, 0.1) is 0 Å². The van der Waals surface area contributed by atoms with Crippen molar-refractivity contribution < 1.29 is 0 Å². The maximum atomic E-state index is 11.1. The Balaban J connectivity index is 0.000000205. The molecule has 7 rings (SSSR count). The molecule has 0 N–H and O–H groups in total. The van der Waals surface area contributed by atoms with E-state index >= 15 is 0 Å². The van der Waals surface area contributed by atoms with Crippen molar-refractivity contribution in [2.24, 2.45) is 0 Å². The molecule has 0 saturated carbocycles. The number of hydrogen-bond donors (Lipinski definition) is 0. The second kappa shape index (κ2) is 28.6. The number of hydrogen-bond acceptors (Lipinski definition) is 3. The standard InChI is InChI=1S/C18H15PSe.C12H10Se2.C7H4OSSe.C6H8N2Se2.Se/c20-19(16-10-4-1-5-11-16,17-12-6-2-7-13-17)18-14-8-3-9-15-18;1-3-7-11(8-4-1)13-14-12-9-5-2-6-10-12;8-7-5-3-1-2-4-6(5)9-10-7;1-8-4-6-10-9-5-2-3-7;/h1-15H;1-10H;1-4H;2,4-6H2;. The van der Waals surface area contributed by atoms with Crippen molar-refractivity contribution in [1.82, 2.24) is 0 Å². The molecule has 3 nitrogen and oxygen atoms in total. The third-order valence-corrected chi connectivity index (χ3v) is 32.5. The van der Waals surface area contributed by atoms with Crippen LogP contribution in [0, 0.1) is 17.9 Å². The van der Waals surface area contributed by atoms with Crippen molar-refractivity contribution in [2.75, 3.05) is 6.54 Å². The molecule has 6 aromatic carbocycles. The molecule has 0 fully saturated rings. The van der Waals surface area contributed by atoms with Gasteiger partial charge in [-0.05, 0) is 0 Å². The molecule has 0 bridgehead atoms. The van der Waals surface area contributed by atoms with Gasteiger partial charge in [0, 0.05) is 17.1 Å². The van der Waals surface area contributed by atoms with Crippen LogP contribution in [0.3, 0.4) is 0 Å². The van der Waals surface area contributed by atoms with E-state index in [-0.39, 0.29) is 30.4 Å². The summed E-state index contributed by atoms with van der Waals surface area (Å²) in [7, 11) is 1.69. The zero-order valence-corrected chi connectivity index (χ0v) is 43.3. The summed E-state index contributed by atoms with van der Waals surface area (Å²) in [5.41, 5.74) is -1.65. The Hall–Kier alpha value is -1.74. The maximum absolute atomic E-state index is 11.1. The number of fused-ring (bicyclic) bond motifs is 1. The minimum absolute atomic E-state index is 0. The van der Waals surface area contributed by atoms with Crippen LogP contribution in [0.4, 0.5) is 0 Å². The summed E-state index contributed by atoms with van der Waals surface area (Å²) in [4.78, 5) is 14.3. The van der Waals surface area contributed by atoms with Crippen molar-refractivity contribution in [1.29, 1.82) is 5.26 Å². The molecule has 0 unspecified atom stereocenters. The Bertz CT molecular complexity index is 2100. The van der Waals surface area contributed by atoms with Gasteiger partial charge in [0.2, 0.25) is 0 Å². The first-order chi connectivity index (χ1) is 26.6. The molecule has 0 aliphatic carbocycles. The van der Waals surface area contributed by atoms with E-state index in [9.17, 15) is 4.79 Å². The minimum atomic E-state index is -1.65. The summed E-state index contributed by atoms with van der Waals surface area (Å²) < 4.78 is 4.49. The average Bonchev–Trinajstić information content (AvgIpc) is 3.63. The quantitative estimate of drug-likeness (QED) is 0.0698. The van der Waals surface area contributed by atoms with Crippen LogP contribution in [0.1, 0.15) is 6.42 Å². The molecule has 0 spiro atoms. The van der Waals surface area contributed by atoms with E-state index in [2.05, 4.69) is 178 Å². The van der Waals surface area contributed by atoms with Crippen LogP contribution >= 0.6 is 15.2 Å². The van der Waals surface area contributed by atoms with Crippen LogP contribution in [0.15, 0.2) is 181 Å². The fourth-order valence-electron chi connectivity index (χ4n) is 4.53. The molecule has 0 aliphatic heterocycles. The predicted octanol–water partition coefficient (Wildman–Crippen LogP) is 5.94. The van der Waals surface area contributed by atoms with E-state index in [1.807, 2.05) is 24.3 Å². The summed E-state index contributed by atoms with van der Waals surface area (Å²) in [6.07, 6.45) is 0.708. The molecule has 55 heavy (non-hydrogen) atoms. The third kappa shape index (κ3) is 16.9. The third-order valence-electron chi connectivity index (χ3n) is 7.06. The van der Waals surface area contributed by atoms with Gasteiger partial charge in [-0.3, -0.25) is 0 Å². The van der Waals surface area contributed by atoms with E-state index in [1.54, 1.807) is 9.72 Å². The first kappa shape index (κ1) is 47.6. The van der Waals surface area contributed by atoms with Gasteiger partial charge in [-0.2, -0.15) is 0 Å². The van der Waals surface area contributed by atoms with E-state index in [0.717, 1.165) is 20.7 Å². The van der Waals surface area contributed by atoms with E-state index in [0.29, 0.717) is 69.8 Å². The zero-order valence-electron chi connectivity index (χ0n) is 29.6. The fourth-order valence-corrected chi connectivity index (χ4v) is 24.7. The van der Waals surface area contributed by atoms with Crippen molar-refractivity contribution in [3.63, 3.8) is 0 Å². The van der Waals surface area contributed by atoms with E-state index < -0.39 is 5.51 Å². The molecular formula is C43H37N2OPSSe7. The van der Waals surface area contributed by atoms with Gasteiger partial charge in [0.25, 0.3) is 0 Å². The van der Waals surface area contributed by atoms with E-state index in [4.69, 9.17) is 11.8 Å². The molecule has 1 aromatic heterocycles. The van der Waals surface area contributed by atoms with Crippen molar-refractivity contribution in [3.05, 3.63) is 196 Å². The molecule has 0 aliphatic rings. The fraction of sp³-hybridized carbons (Fsp3) is 0.0930. The Morgan fingerprint density at radius 1 is 0.636 bits per heavy atom. The summed E-state index contributed by atoms with van der Waals surface area (Å²) >= 11 is 6.28. The summed E-state index contributed by atoms with van der Waals surface area (Å²) in [5, 5.41) is 15.4. The number of nitriles is 1. The Kier molecular flexibility index (Phi) is 24.8. The van der Waals surface area contributed by atoms with Gasteiger partial charge in [0.1, 0.15) is 0 Å². The SMILES string of the molecule is O=c1[se]sc2ccccc12.[C-]#[N+]CC[Se][Se]CCC#N.[Se].[Se]=P(c1ccccc1)(c1ccccc1)c1ccccc1.c1ccc([Se][Se]c2ccccc2)cc1. The van der Waals surface area contributed by atoms with Crippen LogP contribution in [0.5, 0.6) is 0 Å². The summed E-state index contributed by atoms with van der Waals surface area (Å²) in [6, 6.07) is 63.8. The van der Waals surface area contributed by atoms with Gasteiger partial charge in [-0.15, -0.1) is 0 Å². The van der Waals surface area contributed by atoms with Gasteiger partial charge < -0.3 is 0 Å². The first-order valence-electron chi connectivity index (χ1n) is 16.7. The van der Waals surface area contributed by atoms with Crippen LogP contribution in [0.2, 0.25) is 10.6 Å². The average molecular weight is 1210 g/mol. The molecule has 0 saturated heterocycles. The number of rotatable bonds is 11. The van der Waals surface area contributed by atoms with Crippen molar-refractivity contribution in [2.45, 2.75) is 17.1 Å². The second-order valence-electron chi connectivity index (χ2n) is 10.8. The Morgan fingerprint density at radius 2 is 1.04 bits per heavy atom. The molecular weight excluding hydrogens is 1180 g/mol. The van der Waals surface area contributed by atoms with Crippen LogP contribution < -0.4 is 29.1 Å². The monoisotopic (exact) mass is 1220 g/mol. The first-order valence-corrected chi connectivity index (χ1v) is 37.2. The van der Waals surface area contributed by atoms with E-state index in [1.165, 1.54) is 24.8 Å². The van der Waals surface area contributed by atoms with Crippen LogP contribution in [0.25, 0.3) is 14.9 Å². The molecule has 12 heteroatoms. The Morgan fingerprint density at radius 3 is 1.45 bits per heavy atom. The molecule has 1 heterocycles. The normalized spacial score (nSPS) is 10.0. The predicted molar refractivity (Wildman–Crippen MR) is 248 cm³/mol. The molecule has 278 valence electrons. The van der Waals surface area contributed by atoms with Gasteiger partial charge in [-0.25, -0.2) is 0 Å². The molecule has 0 atom stereocenters. The second-order valence-corrected chi connectivity index (χ2v) is 34.8. The molecule has 2 radical (unpaired) electrons. The summed E-state index contributed by atoms with van der Waals surface area (Å²) in [6.45, 7) is 7.20. The van der Waals surface area contributed by atoms with Crippen molar-refractivity contribution in [3.8, 4) is 6.07 Å². The van der Waals surface area contributed by atoms with Crippen LogP contribution in [-0.4, -0.2) is 105 Å². The topological polar surface area (TPSA) is 45.2 Å². The zero-order chi connectivity index (χ0) is 38.1. The molecule has 7 aromatic rings. The van der Waals surface area contributed by atoms with Gasteiger partial charge >= 0.3 is 362 Å². The van der Waals surface area contributed by atoms with Gasteiger partial charge in [-0.1, -0.05) is 0 Å².